The van der Waals surface area contributed by atoms with E-state index in [1.54, 1.807) is 0 Å². The van der Waals surface area contributed by atoms with Gasteiger partial charge in [0.25, 0.3) is 0 Å². The maximum atomic E-state index is 12.6. The molecule has 4 heteroatoms. The van der Waals surface area contributed by atoms with Crippen molar-refractivity contribution in [3.8, 4) is 0 Å². The minimum Gasteiger partial charge on any atom is -0.337 e. The molecule has 0 atom stereocenters. The number of likely N-dealkylation sites (tertiary alicyclic amines) is 1. The number of benzene rings is 1. The molecule has 0 radical (unpaired) electrons. The third-order valence-corrected chi connectivity index (χ3v) is 5.82. The molecule has 0 spiro atoms. The number of piperidine rings is 1. The summed E-state index contributed by atoms with van der Waals surface area (Å²) in [4.78, 5) is 17.0. The lowest BCUT2D eigenvalue weighted by atomic mass is 10.00. The highest BCUT2D eigenvalue weighted by atomic mass is 16.2. The maximum Gasteiger partial charge on any atom is 0.237 e. The molecule has 24 heavy (non-hydrogen) atoms. The molecule has 1 aromatic rings. The van der Waals surface area contributed by atoms with E-state index in [2.05, 4.69) is 34.5 Å². The van der Waals surface area contributed by atoms with Crippen molar-refractivity contribution < 1.29 is 4.79 Å². The Bertz CT molecular complexity index is 576. The summed E-state index contributed by atoms with van der Waals surface area (Å²) in [6, 6.07) is 9.19. The first-order valence-corrected chi connectivity index (χ1v) is 9.58. The van der Waals surface area contributed by atoms with Crippen molar-refractivity contribution >= 4 is 5.91 Å². The molecule has 0 aromatic heterocycles. The molecule has 130 valence electrons. The van der Waals surface area contributed by atoms with Gasteiger partial charge >= 0.3 is 0 Å². The number of nitrogens with zero attached hydrogens (tertiary/aromatic N) is 2. The van der Waals surface area contributed by atoms with Gasteiger partial charge in [-0.2, -0.15) is 0 Å². The van der Waals surface area contributed by atoms with E-state index in [9.17, 15) is 4.79 Å². The third kappa shape index (κ3) is 3.98. The Morgan fingerprint density at radius 1 is 1.04 bits per heavy atom. The Kier molecular flexibility index (Phi) is 4.86. The zero-order valence-electron chi connectivity index (χ0n) is 14.5. The van der Waals surface area contributed by atoms with Crippen LogP contribution in [0.25, 0.3) is 0 Å². The second-order valence-electron chi connectivity index (χ2n) is 7.74. The van der Waals surface area contributed by atoms with Crippen molar-refractivity contribution in [1.82, 2.24) is 15.1 Å². The van der Waals surface area contributed by atoms with Gasteiger partial charge in [0.15, 0.2) is 0 Å². The van der Waals surface area contributed by atoms with Gasteiger partial charge in [-0.25, -0.2) is 0 Å². The Labute approximate surface area is 145 Å². The van der Waals surface area contributed by atoms with Crippen LogP contribution in [0.3, 0.4) is 0 Å². The molecule has 1 saturated heterocycles. The molecule has 4 rings (SSSR count). The van der Waals surface area contributed by atoms with Crippen molar-refractivity contribution in [2.45, 2.75) is 44.7 Å². The van der Waals surface area contributed by atoms with Gasteiger partial charge < -0.3 is 10.2 Å². The molecule has 2 aliphatic heterocycles. The first-order valence-electron chi connectivity index (χ1n) is 9.58. The lowest BCUT2D eigenvalue weighted by molar-refractivity contribution is -0.133. The van der Waals surface area contributed by atoms with E-state index in [4.69, 9.17) is 0 Å². The van der Waals surface area contributed by atoms with Gasteiger partial charge in [-0.15, -0.1) is 0 Å². The Hall–Kier alpha value is -1.39. The maximum absolute atomic E-state index is 12.6. The molecule has 2 heterocycles. The Balaban J connectivity index is 1.22. The second kappa shape index (κ2) is 7.24. The quantitative estimate of drug-likeness (QED) is 0.899. The largest absolute Gasteiger partial charge is 0.337 e. The molecule has 2 fully saturated rings. The van der Waals surface area contributed by atoms with E-state index < -0.39 is 0 Å². The van der Waals surface area contributed by atoms with Crippen LogP contribution < -0.4 is 5.32 Å². The van der Waals surface area contributed by atoms with Crippen LogP contribution in [0.1, 0.15) is 36.8 Å². The summed E-state index contributed by atoms with van der Waals surface area (Å²) >= 11 is 0. The van der Waals surface area contributed by atoms with Crippen molar-refractivity contribution in [3.05, 3.63) is 35.4 Å². The summed E-state index contributed by atoms with van der Waals surface area (Å²) in [5.74, 6) is 1.25. The predicted molar refractivity (Wildman–Crippen MR) is 95.8 cm³/mol. The van der Waals surface area contributed by atoms with E-state index in [0.29, 0.717) is 18.5 Å². The first-order chi connectivity index (χ1) is 11.8. The predicted octanol–water partition coefficient (Wildman–Crippen LogP) is 2.04. The van der Waals surface area contributed by atoms with Crippen LogP contribution in [0.5, 0.6) is 0 Å². The minimum absolute atomic E-state index is 0.300. The van der Waals surface area contributed by atoms with E-state index in [1.165, 1.54) is 43.4 Å². The standard InChI is InChI=1S/C20H29N3O/c24-20(23-12-7-17-3-1-2-4-18(17)14-23)15-22-10-8-19(9-11-22)21-13-16-5-6-16/h1-4,16,19,21H,5-15H2. The number of fused-ring (bicyclic) bond motifs is 1. The molecule has 0 bridgehead atoms. The summed E-state index contributed by atoms with van der Waals surface area (Å²) in [6.07, 6.45) is 6.19. The van der Waals surface area contributed by atoms with E-state index in [1.807, 2.05) is 4.90 Å². The summed E-state index contributed by atoms with van der Waals surface area (Å²) in [7, 11) is 0. The van der Waals surface area contributed by atoms with Crippen LogP contribution in [0.4, 0.5) is 0 Å². The fourth-order valence-electron chi connectivity index (χ4n) is 3.95. The summed E-state index contributed by atoms with van der Waals surface area (Å²) in [5.41, 5.74) is 2.73. The van der Waals surface area contributed by atoms with Crippen molar-refractivity contribution in [2.75, 3.05) is 32.7 Å². The Morgan fingerprint density at radius 2 is 1.79 bits per heavy atom. The highest BCUT2D eigenvalue weighted by Crippen LogP contribution is 2.28. The average molecular weight is 327 g/mol. The number of hydrogen-bond acceptors (Lipinski definition) is 3. The second-order valence-corrected chi connectivity index (χ2v) is 7.74. The van der Waals surface area contributed by atoms with Gasteiger partial charge in [0, 0.05) is 32.2 Å². The SMILES string of the molecule is O=C(CN1CCC(NCC2CC2)CC1)N1CCc2ccccc2C1. The van der Waals surface area contributed by atoms with Crippen molar-refractivity contribution in [2.24, 2.45) is 5.92 Å². The lowest BCUT2D eigenvalue weighted by Gasteiger charge is -2.35. The first kappa shape index (κ1) is 16.1. The van der Waals surface area contributed by atoms with Gasteiger partial charge in [-0.05, 0) is 55.7 Å². The number of hydrogen-bond donors (Lipinski definition) is 1. The zero-order valence-corrected chi connectivity index (χ0v) is 14.5. The normalized spacial score (nSPS) is 22.4. The molecule has 1 aliphatic carbocycles. The molecule has 1 N–H and O–H groups in total. The number of carbonyl (C=O) groups excluding carboxylic acids is 1. The fraction of sp³-hybridized carbons (Fsp3) is 0.650. The Morgan fingerprint density at radius 3 is 2.54 bits per heavy atom. The topological polar surface area (TPSA) is 35.6 Å². The lowest BCUT2D eigenvalue weighted by Crippen LogP contribution is -2.48. The molecule has 1 aromatic carbocycles. The highest BCUT2D eigenvalue weighted by Gasteiger charge is 2.26. The molecule has 1 amide bonds. The molecule has 4 nitrogen and oxygen atoms in total. The molecule has 0 unspecified atom stereocenters. The smallest absolute Gasteiger partial charge is 0.237 e. The van der Waals surface area contributed by atoms with E-state index >= 15 is 0 Å². The van der Waals surface area contributed by atoms with Crippen LogP contribution in [0.2, 0.25) is 0 Å². The molecule has 3 aliphatic rings. The molecule has 1 saturated carbocycles. The number of nitrogens with one attached hydrogen (secondary N) is 1. The van der Waals surface area contributed by atoms with Gasteiger partial charge in [-0.1, -0.05) is 24.3 Å². The molecular formula is C20H29N3O. The van der Waals surface area contributed by atoms with Crippen LogP contribution in [0.15, 0.2) is 24.3 Å². The number of rotatable bonds is 5. The summed E-state index contributed by atoms with van der Waals surface area (Å²) in [5, 5.41) is 3.71. The van der Waals surface area contributed by atoms with Crippen LogP contribution in [-0.2, 0) is 17.8 Å². The summed E-state index contributed by atoms with van der Waals surface area (Å²) in [6.45, 7) is 5.56. The number of amides is 1. The van der Waals surface area contributed by atoms with Crippen LogP contribution in [0, 0.1) is 5.92 Å². The molecular weight excluding hydrogens is 298 g/mol. The van der Waals surface area contributed by atoms with Gasteiger partial charge in [0.1, 0.15) is 0 Å². The highest BCUT2D eigenvalue weighted by molar-refractivity contribution is 5.78. The van der Waals surface area contributed by atoms with Crippen molar-refractivity contribution in [3.63, 3.8) is 0 Å². The fourth-order valence-corrected chi connectivity index (χ4v) is 3.95. The van der Waals surface area contributed by atoms with E-state index in [-0.39, 0.29) is 0 Å². The van der Waals surface area contributed by atoms with Crippen LogP contribution in [-0.4, -0.2) is 54.5 Å². The van der Waals surface area contributed by atoms with Gasteiger partial charge in [0.05, 0.1) is 6.54 Å². The number of carbonyl (C=O) groups is 1. The third-order valence-electron chi connectivity index (χ3n) is 5.82. The van der Waals surface area contributed by atoms with Gasteiger partial charge in [-0.3, -0.25) is 9.69 Å². The summed E-state index contributed by atoms with van der Waals surface area (Å²) < 4.78 is 0. The van der Waals surface area contributed by atoms with Gasteiger partial charge in [0.2, 0.25) is 5.91 Å². The van der Waals surface area contributed by atoms with Crippen LogP contribution >= 0.6 is 0 Å². The average Bonchev–Trinajstić information content (AvgIpc) is 3.45. The zero-order chi connectivity index (χ0) is 16.4. The van der Waals surface area contributed by atoms with E-state index in [0.717, 1.165) is 38.5 Å². The minimum atomic E-state index is 0.300. The van der Waals surface area contributed by atoms with Crippen molar-refractivity contribution in [1.29, 1.82) is 0 Å². The monoisotopic (exact) mass is 327 g/mol.